The van der Waals surface area contributed by atoms with E-state index in [2.05, 4.69) is 25.5 Å². The molecule has 1 amide bonds. The van der Waals surface area contributed by atoms with Gasteiger partial charge in [-0.2, -0.15) is 5.10 Å². The molecule has 1 aliphatic rings. The van der Waals surface area contributed by atoms with E-state index in [-0.39, 0.29) is 11.4 Å². The maximum atomic E-state index is 12.3. The molecule has 3 aromatic rings. The lowest BCUT2D eigenvalue weighted by Gasteiger charge is -2.06. The van der Waals surface area contributed by atoms with Crippen molar-refractivity contribution in [3.8, 4) is 11.4 Å². The SMILES string of the molecule is O=C(O)c1cccc(C(=O)Nc2cccc(-c3n[nH]c(C4CC4)n3)c2)n1. The lowest BCUT2D eigenvalue weighted by atomic mass is 10.2. The summed E-state index contributed by atoms with van der Waals surface area (Å²) in [5.74, 6) is 0.279. The number of rotatable bonds is 5. The van der Waals surface area contributed by atoms with E-state index in [0.29, 0.717) is 17.4 Å². The summed E-state index contributed by atoms with van der Waals surface area (Å²) in [6, 6.07) is 11.4. The van der Waals surface area contributed by atoms with Gasteiger partial charge < -0.3 is 10.4 Å². The summed E-state index contributed by atoms with van der Waals surface area (Å²) in [7, 11) is 0. The van der Waals surface area contributed by atoms with E-state index < -0.39 is 11.9 Å². The van der Waals surface area contributed by atoms with Crippen LogP contribution in [0, 0.1) is 0 Å². The Morgan fingerprint density at radius 1 is 1.08 bits per heavy atom. The van der Waals surface area contributed by atoms with Crippen molar-refractivity contribution >= 4 is 17.6 Å². The normalized spacial score (nSPS) is 13.4. The van der Waals surface area contributed by atoms with Crippen molar-refractivity contribution in [1.29, 1.82) is 0 Å². The van der Waals surface area contributed by atoms with Gasteiger partial charge in [0, 0.05) is 17.2 Å². The van der Waals surface area contributed by atoms with Crippen LogP contribution < -0.4 is 5.32 Å². The minimum absolute atomic E-state index is 0.0317. The maximum Gasteiger partial charge on any atom is 0.354 e. The van der Waals surface area contributed by atoms with Crippen molar-refractivity contribution in [2.24, 2.45) is 0 Å². The van der Waals surface area contributed by atoms with E-state index in [1.165, 1.54) is 18.2 Å². The molecule has 0 unspecified atom stereocenters. The number of hydrogen-bond donors (Lipinski definition) is 3. The molecule has 4 rings (SSSR count). The number of anilines is 1. The number of benzene rings is 1. The molecule has 130 valence electrons. The summed E-state index contributed by atoms with van der Waals surface area (Å²) in [6.07, 6.45) is 2.26. The van der Waals surface area contributed by atoms with Crippen LogP contribution in [-0.4, -0.2) is 37.1 Å². The minimum atomic E-state index is -1.18. The molecule has 0 atom stereocenters. The summed E-state index contributed by atoms with van der Waals surface area (Å²) in [4.78, 5) is 31.6. The second kappa shape index (κ2) is 6.40. The van der Waals surface area contributed by atoms with Crippen molar-refractivity contribution in [1.82, 2.24) is 20.2 Å². The second-order valence-electron chi connectivity index (χ2n) is 6.07. The lowest BCUT2D eigenvalue weighted by molar-refractivity contribution is 0.0690. The molecule has 3 N–H and O–H groups in total. The van der Waals surface area contributed by atoms with Gasteiger partial charge in [-0.05, 0) is 37.1 Å². The van der Waals surface area contributed by atoms with E-state index in [9.17, 15) is 9.59 Å². The number of hydrogen-bond acceptors (Lipinski definition) is 5. The van der Waals surface area contributed by atoms with Crippen LogP contribution in [-0.2, 0) is 0 Å². The summed E-state index contributed by atoms with van der Waals surface area (Å²) in [5.41, 5.74) is 1.18. The average Bonchev–Trinajstić information content (AvgIpc) is 3.39. The molecule has 8 nitrogen and oxygen atoms in total. The van der Waals surface area contributed by atoms with E-state index >= 15 is 0 Å². The monoisotopic (exact) mass is 349 g/mol. The Morgan fingerprint density at radius 2 is 1.85 bits per heavy atom. The number of nitrogens with zero attached hydrogens (tertiary/aromatic N) is 3. The molecule has 2 aromatic heterocycles. The third-order valence-electron chi connectivity index (χ3n) is 4.05. The van der Waals surface area contributed by atoms with Gasteiger partial charge in [0.2, 0.25) is 0 Å². The first-order chi connectivity index (χ1) is 12.6. The van der Waals surface area contributed by atoms with Crippen LogP contribution in [0.25, 0.3) is 11.4 Å². The molecule has 1 aromatic carbocycles. The third-order valence-corrected chi connectivity index (χ3v) is 4.05. The number of aromatic nitrogens is 4. The number of aromatic amines is 1. The molecule has 0 saturated heterocycles. The highest BCUT2D eigenvalue weighted by molar-refractivity contribution is 6.03. The largest absolute Gasteiger partial charge is 0.477 e. The first-order valence-corrected chi connectivity index (χ1v) is 8.14. The van der Waals surface area contributed by atoms with E-state index in [0.717, 1.165) is 24.2 Å². The predicted molar refractivity (Wildman–Crippen MR) is 92.9 cm³/mol. The number of carboxylic acids is 1. The van der Waals surface area contributed by atoms with E-state index in [4.69, 9.17) is 5.11 Å². The van der Waals surface area contributed by atoms with Crippen LogP contribution in [0.5, 0.6) is 0 Å². The smallest absolute Gasteiger partial charge is 0.354 e. The van der Waals surface area contributed by atoms with Crippen LogP contribution >= 0.6 is 0 Å². The van der Waals surface area contributed by atoms with Crippen LogP contribution in [0.15, 0.2) is 42.5 Å². The number of aromatic carboxylic acids is 1. The van der Waals surface area contributed by atoms with Gasteiger partial charge >= 0.3 is 5.97 Å². The summed E-state index contributed by atoms with van der Waals surface area (Å²) < 4.78 is 0. The standard InChI is InChI=1S/C18H15N5O3/c24-17(13-5-2-6-14(20-13)18(25)26)19-12-4-1-3-11(9-12)16-21-15(22-23-16)10-7-8-10/h1-6,9-10H,7-8H2,(H,19,24)(H,25,26)(H,21,22,23). The molecule has 1 saturated carbocycles. The first-order valence-electron chi connectivity index (χ1n) is 8.14. The molecule has 0 bridgehead atoms. The van der Waals surface area contributed by atoms with Gasteiger partial charge in [0.1, 0.15) is 17.2 Å². The number of H-pyrrole nitrogens is 1. The highest BCUT2D eigenvalue weighted by Gasteiger charge is 2.27. The third kappa shape index (κ3) is 3.30. The van der Waals surface area contributed by atoms with Gasteiger partial charge in [-0.1, -0.05) is 18.2 Å². The van der Waals surface area contributed by atoms with Crippen LogP contribution in [0.3, 0.4) is 0 Å². The Bertz CT molecular complexity index is 994. The molecule has 1 aliphatic carbocycles. The molecule has 0 spiro atoms. The van der Waals surface area contributed by atoms with Gasteiger partial charge in [-0.3, -0.25) is 9.89 Å². The molecule has 0 aliphatic heterocycles. The zero-order valence-corrected chi connectivity index (χ0v) is 13.6. The van der Waals surface area contributed by atoms with Crippen molar-refractivity contribution in [3.63, 3.8) is 0 Å². The van der Waals surface area contributed by atoms with E-state index in [1.54, 1.807) is 18.2 Å². The topological polar surface area (TPSA) is 121 Å². The molecule has 0 radical (unpaired) electrons. The Kier molecular flexibility index (Phi) is 3.92. The number of carboxylic acid groups (broad SMARTS) is 1. The predicted octanol–water partition coefficient (Wildman–Crippen LogP) is 2.69. The molecule has 2 heterocycles. The Labute approximate surface area is 148 Å². The average molecular weight is 349 g/mol. The Morgan fingerprint density at radius 3 is 2.62 bits per heavy atom. The maximum absolute atomic E-state index is 12.3. The number of pyridine rings is 1. The highest BCUT2D eigenvalue weighted by atomic mass is 16.4. The van der Waals surface area contributed by atoms with Gasteiger partial charge in [0.25, 0.3) is 5.91 Å². The number of nitrogens with one attached hydrogen (secondary N) is 2. The Hall–Kier alpha value is -3.55. The fourth-order valence-corrected chi connectivity index (χ4v) is 2.55. The fraction of sp³-hybridized carbons (Fsp3) is 0.167. The zero-order chi connectivity index (χ0) is 18.1. The minimum Gasteiger partial charge on any atom is -0.477 e. The summed E-state index contributed by atoms with van der Waals surface area (Å²) in [6.45, 7) is 0. The van der Waals surface area contributed by atoms with E-state index in [1.807, 2.05) is 6.07 Å². The Balaban J connectivity index is 1.53. The second-order valence-corrected chi connectivity index (χ2v) is 6.07. The van der Waals surface area contributed by atoms with Crippen molar-refractivity contribution in [2.45, 2.75) is 18.8 Å². The number of carbonyl (C=O) groups excluding carboxylic acids is 1. The van der Waals surface area contributed by atoms with Crippen molar-refractivity contribution < 1.29 is 14.7 Å². The van der Waals surface area contributed by atoms with Gasteiger partial charge in [0.15, 0.2) is 5.82 Å². The lowest BCUT2D eigenvalue weighted by Crippen LogP contribution is -2.15. The molecular formula is C18H15N5O3. The van der Waals surface area contributed by atoms with Gasteiger partial charge in [-0.25, -0.2) is 14.8 Å². The fourth-order valence-electron chi connectivity index (χ4n) is 2.55. The number of amides is 1. The molecule has 26 heavy (non-hydrogen) atoms. The highest BCUT2D eigenvalue weighted by Crippen LogP contribution is 2.38. The van der Waals surface area contributed by atoms with Crippen LogP contribution in [0.2, 0.25) is 0 Å². The van der Waals surface area contributed by atoms with Crippen molar-refractivity contribution in [3.05, 3.63) is 59.7 Å². The molecular weight excluding hydrogens is 334 g/mol. The van der Waals surface area contributed by atoms with Gasteiger partial charge in [0.05, 0.1) is 0 Å². The van der Waals surface area contributed by atoms with Gasteiger partial charge in [-0.15, -0.1) is 0 Å². The first kappa shape index (κ1) is 15.9. The van der Waals surface area contributed by atoms with Crippen LogP contribution in [0.4, 0.5) is 5.69 Å². The zero-order valence-electron chi connectivity index (χ0n) is 13.6. The summed E-state index contributed by atoms with van der Waals surface area (Å²) in [5, 5.41) is 18.9. The molecule has 8 heteroatoms. The van der Waals surface area contributed by atoms with Crippen molar-refractivity contribution in [2.75, 3.05) is 5.32 Å². The van der Waals surface area contributed by atoms with Crippen LogP contribution in [0.1, 0.15) is 45.6 Å². The molecule has 1 fully saturated rings. The quantitative estimate of drug-likeness (QED) is 0.651. The summed E-state index contributed by atoms with van der Waals surface area (Å²) >= 11 is 0. The number of carbonyl (C=O) groups is 2.